The number of carbonyl (C=O) groups is 4. The van der Waals surface area contributed by atoms with Crippen molar-refractivity contribution in [3.63, 3.8) is 0 Å². The normalized spacial score (nSPS) is 35.9. The Balaban J connectivity index is 2.12. The molecule has 1 saturated heterocycles. The van der Waals surface area contributed by atoms with Crippen LogP contribution in [-0.2, 0) is 49.6 Å². The highest BCUT2D eigenvalue weighted by Crippen LogP contribution is 2.60. The quantitative estimate of drug-likeness (QED) is 0.190. The summed E-state index contributed by atoms with van der Waals surface area (Å²) >= 11 is 6.12. The van der Waals surface area contributed by atoms with Crippen LogP contribution in [0.5, 0.6) is 0 Å². The van der Waals surface area contributed by atoms with Gasteiger partial charge >= 0.3 is 17.9 Å². The van der Waals surface area contributed by atoms with Crippen molar-refractivity contribution in [1.82, 2.24) is 5.32 Å². The van der Waals surface area contributed by atoms with Crippen molar-refractivity contribution in [2.45, 2.75) is 84.0 Å². The van der Waals surface area contributed by atoms with E-state index in [1.807, 2.05) is 50.3 Å². The smallest absolute Gasteiger partial charge is 0.303 e. The molecule has 1 amide bonds. The highest BCUT2D eigenvalue weighted by atomic mass is 35.5. The van der Waals surface area contributed by atoms with Gasteiger partial charge in [-0.25, -0.2) is 8.42 Å². The molecule has 1 saturated carbocycles. The van der Waals surface area contributed by atoms with Crippen molar-refractivity contribution in [1.29, 1.82) is 0 Å². The van der Waals surface area contributed by atoms with Gasteiger partial charge in [0.1, 0.15) is 34.2 Å². The number of benzene rings is 1. The predicted octanol–water partition coefficient (Wildman–Crippen LogP) is 4.47. The van der Waals surface area contributed by atoms with E-state index in [-0.39, 0.29) is 5.92 Å². The number of hydrogen-bond acceptors (Lipinski definition) is 9. The van der Waals surface area contributed by atoms with E-state index < -0.39 is 91.6 Å². The molecule has 2 fully saturated rings. The van der Waals surface area contributed by atoms with Crippen LogP contribution in [0.2, 0.25) is 0 Å². The zero-order valence-electron chi connectivity index (χ0n) is 27.6. The molecule has 3 aliphatic rings. The standard InChI is InChI=1S/C35H44ClNO9S/c1-19-12-11-15-27-32(45-24(6)39)22(4)21(3)30-28(17-26-13-9-8-10-14-26)37-34(41)35(27,30)33(46-25(7)40)29(47(42,43)18-36)16-20(2)31(19)44-23(5)38/h8-11,13-16,19,21,27-33H,4,12,17-18H2,1-3,5-7H3,(H,37,41)/b15-11+,20-16+/t19-,21?,27-,28-,29?,30-,31-,32+,33?,35-/m0/s1. The summed E-state index contributed by atoms with van der Waals surface area (Å²) < 4.78 is 45.8. The average molecular weight is 690 g/mol. The number of amides is 1. The molecule has 0 bridgehead atoms. The van der Waals surface area contributed by atoms with Crippen molar-refractivity contribution >= 4 is 45.3 Å². The number of hydrogen-bond donors (Lipinski definition) is 1. The largest absolute Gasteiger partial charge is 0.460 e. The SMILES string of the molecule is C=C1C(C)[C@H]2[C@H](Cc3ccccc3)NC(=O)[C@]23C(OC(C)=O)C(S(=O)(=O)CCl)/C=C(\C)[C@@H](OC(C)=O)[C@@H](C)C/C=C/[C@H]3[C@@H]1OC(C)=O. The number of ether oxygens (including phenoxy) is 3. The van der Waals surface area contributed by atoms with Gasteiger partial charge < -0.3 is 19.5 Å². The fourth-order valence-electron chi connectivity index (χ4n) is 7.94. The number of carbonyl (C=O) groups excluding carboxylic acids is 4. The predicted molar refractivity (Wildman–Crippen MR) is 177 cm³/mol. The first kappa shape index (κ1) is 36.4. The van der Waals surface area contributed by atoms with Gasteiger partial charge in [-0.3, -0.25) is 19.2 Å². The number of allylic oxidation sites excluding steroid dienone is 1. The third kappa shape index (κ3) is 7.06. The minimum Gasteiger partial charge on any atom is -0.460 e. The Kier molecular flexibility index (Phi) is 11.1. The number of rotatable bonds is 7. The van der Waals surface area contributed by atoms with E-state index in [9.17, 15) is 27.6 Å². The molecule has 1 heterocycles. The van der Waals surface area contributed by atoms with Crippen molar-refractivity contribution in [2.24, 2.45) is 29.1 Å². The van der Waals surface area contributed by atoms with E-state index in [0.717, 1.165) is 12.5 Å². The van der Waals surface area contributed by atoms with Gasteiger partial charge in [0.2, 0.25) is 5.91 Å². The second-order valence-electron chi connectivity index (χ2n) is 13.0. The number of sulfone groups is 1. The summed E-state index contributed by atoms with van der Waals surface area (Å²) in [6, 6.07) is 8.99. The van der Waals surface area contributed by atoms with Gasteiger partial charge in [0.25, 0.3) is 0 Å². The van der Waals surface area contributed by atoms with Gasteiger partial charge in [-0.15, -0.1) is 11.6 Å². The summed E-state index contributed by atoms with van der Waals surface area (Å²) in [7, 11) is -4.33. The molecule has 1 aromatic carbocycles. The van der Waals surface area contributed by atoms with Crippen LogP contribution in [0.25, 0.3) is 0 Å². The molecule has 1 aromatic rings. The average Bonchev–Trinajstić information content (AvgIpc) is 3.28. The van der Waals surface area contributed by atoms with Gasteiger partial charge in [-0.1, -0.05) is 69.0 Å². The molecule has 3 unspecified atom stereocenters. The lowest BCUT2D eigenvalue weighted by atomic mass is 9.51. The van der Waals surface area contributed by atoms with Gasteiger partial charge in [0.15, 0.2) is 9.84 Å². The summed E-state index contributed by atoms with van der Waals surface area (Å²) in [4.78, 5) is 52.6. The minimum absolute atomic E-state index is 0.330. The Hall–Kier alpha value is -3.44. The first-order valence-corrected chi connectivity index (χ1v) is 18.0. The molecule has 47 heavy (non-hydrogen) atoms. The monoisotopic (exact) mass is 689 g/mol. The highest BCUT2D eigenvalue weighted by Gasteiger charge is 2.71. The van der Waals surface area contributed by atoms with Gasteiger partial charge in [-0.2, -0.15) is 0 Å². The third-order valence-electron chi connectivity index (χ3n) is 9.82. The number of esters is 3. The summed E-state index contributed by atoms with van der Waals surface area (Å²) in [5, 5.41) is 0.660. The summed E-state index contributed by atoms with van der Waals surface area (Å²) in [5.41, 5.74) is 0.109. The molecule has 256 valence electrons. The summed E-state index contributed by atoms with van der Waals surface area (Å²) in [6.07, 6.45) is 2.19. The third-order valence-corrected chi connectivity index (χ3v) is 12.2. The molecule has 0 aromatic heterocycles. The summed E-state index contributed by atoms with van der Waals surface area (Å²) in [6.45, 7) is 13.4. The van der Waals surface area contributed by atoms with Crippen LogP contribution in [0, 0.1) is 29.1 Å². The van der Waals surface area contributed by atoms with E-state index in [4.69, 9.17) is 25.8 Å². The van der Waals surface area contributed by atoms with E-state index in [1.165, 1.54) is 19.9 Å². The van der Waals surface area contributed by atoms with Crippen LogP contribution in [0.3, 0.4) is 0 Å². The summed E-state index contributed by atoms with van der Waals surface area (Å²) in [5.74, 6) is -5.03. The van der Waals surface area contributed by atoms with E-state index in [1.54, 1.807) is 13.0 Å². The molecule has 10 atom stereocenters. The topological polar surface area (TPSA) is 142 Å². The van der Waals surface area contributed by atoms with Crippen LogP contribution in [0.1, 0.15) is 53.5 Å². The van der Waals surface area contributed by atoms with Crippen LogP contribution in [0.15, 0.2) is 66.3 Å². The maximum Gasteiger partial charge on any atom is 0.303 e. The first-order valence-electron chi connectivity index (χ1n) is 15.7. The van der Waals surface area contributed by atoms with Crippen molar-refractivity contribution in [2.75, 3.05) is 5.21 Å². The Morgan fingerprint density at radius 3 is 2.17 bits per heavy atom. The maximum atomic E-state index is 14.9. The lowest BCUT2D eigenvalue weighted by molar-refractivity contribution is -0.178. The Bertz CT molecular complexity index is 1570. The van der Waals surface area contributed by atoms with Crippen molar-refractivity contribution < 1.29 is 41.8 Å². The zero-order chi connectivity index (χ0) is 34.8. The fourth-order valence-corrected chi connectivity index (χ4v) is 9.60. The minimum atomic E-state index is -4.33. The lowest BCUT2D eigenvalue weighted by Gasteiger charge is -2.54. The molecule has 4 rings (SSSR count). The van der Waals surface area contributed by atoms with Crippen molar-refractivity contribution in [3.8, 4) is 0 Å². The van der Waals surface area contributed by atoms with Gasteiger partial charge in [-0.05, 0) is 42.4 Å². The zero-order valence-corrected chi connectivity index (χ0v) is 29.2. The van der Waals surface area contributed by atoms with Crippen LogP contribution in [-0.4, -0.2) is 67.0 Å². The fraction of sp³-hybridized carbons (Fsp3) is 0.543. The molecule has 10 nitrogen and oxygen atoms in total. The molecule has 0 radical (unpaired) electrons. The maximum absolute atomic E-state index is 14.9. The molecule has 1 N–H and O–H groups in total. The Morgan fingerprint density at radius 2 is 1.60 bits per heavy atom. The van der Waals surface area contributed by atoms with Crippen molar-refractivity contribution in [3.05, 3.63) is 71.8 Å². The molecule has 12 heteroatoms. The number of alkyl halides is 1. The molecular weight excluding hydrogens is 646 g/mol. The molecule has 1 spiro atoms. The van der Waals surface area contributed by atoms with Gasteiger partial charge in [0, 0.05) is 44.6 Å². The van der Waals surface area contributed by atoms with E-state index in [0.29, 0.717) is 24.0 Å². The lowest BCUT2D eigenvalue weighted by Crippen LogP contribution is -2.64. The number of halogens is 1. The Labute approximate surface area is 281 Å². The highest BCUT2D eigenvalue weighted by molar-refractivity contribution is 7.93. The first-order chi connectivity index (χ1) is 22.1. The molecule has 1 aliphatic heterocycles. The van der Waals surface area contributed by atoms with E-state index in [2.05, 4.69) is 11.9 Å². The van der Waals surface area contributed by atoms with Crippen LogP contribution >= 0.6 is 11.6 Å². The van der Waals surface area contributed by atoms with Crippen LogP contribution < -0.4 is 5.32 Å². The number of nitrogens with one attached hydrogen (secondary N) is 1. The molecular formula is C35H44ClNO9S. The van der Waals surface area contributed by atoms with Gasteiger partial charge in [0.05, 0.1) is 0 Å². The Morgan fingerprint density at radius 1 is 1.00 bits per heavy atom. The second kappa shape index (κ2) is 14.4. The van der Waals surface area contributed by atoms with E-state index >= 15 is 0 Å². The second-order valence-corrected chi connectivity index (χ2v) is 15.7. The van der Waals surface area contributed by atoms with Crippen LogP contribution in [0.4, 0.5) is 0 Å². The molecule has 2 aliphatic carbocycles.